The molecule has 4 heterocycles. The fourth-order valence-electron chi connectivity index (χ4n) is 3.27. The van der Waals surface area contributed by atoms with Gasteiger partial charge in [-0.05, 0) is 18.9 Å². The van der Waals surface area contributed by atoms with Crippen LogP contribution >= 0.6 is 0 Å². The standard InChI is InChI=1S/C16H19N7O/c24-16-18-5-6-22(16)12-7-19-23(10-12)13-8-21(9-13)14-3-4-17-15(20-14)11-1-2-11/h3-4,7,10-11,13H,1-2,5-6,8-9H2,(H,18,24). The molecule has 1 saturated carbocycles. The Morgan fingerprint density at radius 3 is 2.88 bits per heavy atom. The normalized spacial score (nSPS) is 21.1. The number of urea groups is 1. The van der Waals surface area contributed by atoms with Gasteiger partial charge in [0, 0.05) is 44.5 Å². The molecule has 5 rings (SSSR count). The number of rotatable bonds is 4. The van der Waals surface area contributed by atoms with Gasteiger partial charge >= 0.3 is 6.03 Å². The summed E-state index contributed by atoms with van der Waals surface area (Å²) in [4.78, 5) is 24.8. The maximum atomic E-state index is 11.7. The highest BCUT2D eigenvalue weighted by atomic mass is 16.2. The van der Waals surface area contributed by atoms with Gasteiger partial charge in [0.1, 0.15) is 11.6 Å². The molecule has 2 saturated heterocycles. The zero-order valence-corrected chi connectivity index (χ0v) is 13.3. The molecule has 8 nitrogen and oxygen atoms in total. The molecule has 8 heteroatoms. The van der Waals surface area contributed by atoms with E-state index in [0.29, 0.717) is 25.0 Å². The lowest BCUT2D eigenvalue weighted by molar-refractivity contribution is 0.252. The molecule has 0 unspecified atom stereocenters. The fourth-order valence-corrected chi connectivity index (χ4v) is 3.27. The Bertz CT molecular complexity index is 778. The number of nitrogens with one attached hydrogen (secondary N) is 1. The first kappa shape index (κ1) is 13.8. The summed E-state index contributed by atoms with van der Waals surface area (Å²) in [6.45, 7) is 3.16. The molecular formula is C16H19N7O. The maximum absolute atomic E-state index is 11.7. The van der Waals surface area contributed by atoms with E-state index in [1.165, 1.54) is 12.8 Å². The third kappa shape index (κ3) is 2.29. The minimum atomic E-state index is -0.0432. The second-order valence-corrected chi connectivity index (χ2v) is 6.67. The summed E-state index contributed by atoms with van der Waals surface area (Å²) in [6, 6.07) is 2.26. The number of carbonyl (C=O) groups excluding carboxylic acids is 1. The van der Waals surface area contributed by atoms with Gasteiger partial charge in [-0.15, -0.1) is 0 Å². The van der Waals surface area contributed by atoms with Crippen LogP contribution in [0.1, 0.15) is 30.6 Å². The van der Waals surface area contributed by atoms with Crippen LogP contribution in [-0.2, 0) is 0 Å². The highest BCUT2D eigenvalue weighted by molar-refractivity contribution is 5.93. The average Bonchev–Trinajstić information content (AvgIpc) is 3.15. The Labute approximate surface area is 139 Å². The first-order valence-corrected chi connectivity index (χ1v) is 8.45. The molecule has 0 spiro atoms. The van der Waals surface area contributed by atoms with Crippen molar-refractivity contribution in [3.05, 3.63) is 30.5 Å². The number of carbonyl (C=O) groups is 1. The Morgan fingerprint density at radius 1 is 1.25 bits per heavy atom. The summed E-state index contributed by atoms with van der Waals surface area (Å²) in [5, 5.41) is 7.25. The molecule has 3 aliphatic rings. The summed E-state index contributed by atoms with van der Waals surface area (Å²) in [7, 11) is 0. The van der Waals surface area contributed by atoms with Crippen molar-refractivity contribution in [2.75, 3.05) is 36.0 Å². The molecule has 2 amide bonds. The molecule has 24 heavy (non-hydrogen) atoms. The van der Waals surface area contributed by atoms with E-state index in [-0.39, 0.29) is 6.03 Å². The molecule has 2 aromatic rings. The van der Waals surface area contributed by atoms with Gasteiger partial charge in [-0.3, -0.25) is 9.58 Å². The fraction of sp³-hybridized carbons (Fsp3) is 0.500. The van der Waals surface area contributed by atoms with Gasteiger partial charge in [0.15, 0.2) is 0 Å². The molecule has 1 aliphatic carbocycles. The Morgan fingerprint density at radius 2 is 2.12 bits per heavy atom. The average molecular weight is 325 g/mol. The number of anilines is 2. The minimum absolute atomic E-state index is 0.0432. The van der Waals surface area contributed by atoms with E-state index in [9.17, 15) is 4.79 Å². The molecule has 0 aromatic carbocycles. The molecule has 0 radical (unpaired) electrons. The van der Waals surface area contributed by atoms with Crippen LogP contribution in [0.25, 0.3) is 0 Å². The van der Waals surface area contributed by atoms with E-state index in [0.717, 1.165) is 30.4 Å². The summed E-state index contributed by atoms with van der Waals surface area (Å²) in [6.07, 6.45) is 8.02. The highest BCUT2D eigenvalue weighted by Crippen LogP contribution is 2.38. The number of hydrogen-bond donors (Lipinski definition) is 1. The molecule has 0 atom stereocenters. The lowest BCUT2D eigenvalue weighted by Gasteiger charge is -2.40. The zero-order valence-electron chi connectivity index (χ0n) is 13.3. The van der Waals surface area contributed by atoms with Crippen molar-refractivity contribution < 1.29 is 4.79 Å². The number of aromatic nitrogens is 4. The number of nitrogens with zero attached hydrogens (tertiary/aromatic N) is 6. The van der Waals surface area contributed by atoms with Crippen molar-refractivity contribution in [3.63, 3.8) is 0 Å². The van der Waals surface area contributed by atoms with Gasteiger partial charge in [-0.2, -0.15) is 5.10 Å². The smallest absolute Gasteiger partial charge is 0.322 e. The lowest BCUT2D eigenvalue weighted by Crippen LogP contribution is -2.48. The monoisotopic (exact) mass is 325 g/mol. The summed E-state index contributed by atoms with van der Waals surface area (Å²) in [5.41, 5.74) is 0.863. The summed E-state index contributed by atoms with van der Waals surface area (Å²) >= 11 is 0. The third-order valence-corrected chi connectivity index (χ3v) is 4.92. The quantitative estimate of drug-likeness (QED) is 0.912. The lowest BCUT2D eigenvalue weighted by atomic mass is 10.1. The molecule has 2 aliphatic heterocycles. The predicted molar refractivity (Wildman–Crippen MR) is 88.2 cm³/mol. The van der Waals surface area contributed by atoms with Crippen LogP contribution in [0, 0.1) is 0 Å². The molecule has 3 fully saturated rings. The number of amides is 2. The van der Waals surface area contributed by atoms with Gasteiger partial charge in [0.05, 0.1) is 17.9 Å². The molecule has 124 valence electrons. The van der Waals surface area contributed by atoms with E-state index in [1.54, 1.807) is 11.1 Å². The predicted octanol–water partition coefficient (Wildman–Crippen LogP) is 1.14. The minimum Gasteiger partial charge on any atom is -0.352 e. The number of hydrogen-bond acceptors (Lipinski definition) is 5. The molecule has 0 bridgehead atoms. The van der Waals surface area contributed by atoms with Crippen LogP contribution < -0.4 is 15.1 Å². The third-order valence-electron chi connectivity index (χ3n) is 4.92. The van der Waals surface area contributed by atoms with Crippen LogP contribution in [-0.4, -0.2) is 52.0 Å². The Balaban J connectivity index is 1.26. The summed E-state index contributed by atoms with van der Waals surface area (Å²) < 4.78 is 1.96. The van der Waals surface area contributed by atoms with Crippen molar-refractivity contribution in [3.8, 4) is 0 Å². The van der Waals surface area contributed by atoms with E-state index in [2.05, 4.69) is 25.3 Å². The van der Waals surface area contributed by atoms with Crippen LogP contribution in [0.2, 0.25) is 0 Å². The molecule has 1 N–H and O–H groups in total. The van der Waals surface area contributed by atoms with Crippen molar-refractivity contribution in [2.45, 2.75) is 24.8 Å². The van der Waals surface area contributed by atoms with Gasteiger partial charge < -0.3 is 10.2 Å². The van der Waals surface area contributed by atoms with E-state index in [1.807, 2.05) is 23.1 Å². The van der Waals surface area contributed by atoms with Gasteiger partial charge in [0.25, 0.3) is 0 Å². The van der Waals surface area contributed by atoms with Gasteiger partial charge in [0.2, 0.25) is 0 Å². The van der Waals surface area contributed by atoms with Crippen LogP contribution in [0.15, 0.2) is 24.7 Å². The van der Waals surface area contributed by atoms with Crippen molar-refractivity contribution >= 4 is 17.5 Å². The van der Waals surface area contributed by atoms with Crippen LogP contribution in [0.3, 0.4) is 0 Å². The van der Waals surface area contributed by atoms with E-state index < -0.39 is 0 Å². The SMILES string of the molecule is O=C1NCCN1c1cnn(C2CN(c3ccnc(C4CC4)n3)C2)c1. The first-order valence-electron chi connectivity index (χ1n) is 8.45. The Kier molecular flexibility index (Phi) is 2.97. The largest absolute Gasteiger partial charge is 0.352 e. The van der Waals surface area contributed by atoms with E-state index >= 15 is 0 Å². The second kappa shape index (κ2) is 5.19. The van der Waals surface area contributed by atoms with Crippen LogP contribution in [0.4, 0.5) is 16.3 Å². The topological polar surface area (TPSA) is 79.2 Å². The second-order valence-electron chi connectivity index (χ2n) is 6.67. The maximum Gasteiger partial charge on any atom is 0.322 e. The van der Waals surface area contributed by atoms with Gasteiger partial charge in [-0.1, -0.05) is 0 Å². The first-order chi connectivity index (χ1) is 11.8. The molecular weight excluding hydrogens is 306 g/mol. The summed E-state index contributed by atoms with van der Waals surface area (Å²) in [5.74, 6) is 2.56. The molecule has 2 aromatic heterocycles. The van der Waals surface area contributed by atoms with Crippen molar-refractivity contribution in [1.29, 1.82) is 0 Å². The van der Waals surface area contributed by atoms with Crippen molar-refractivity contribution in [2.24, 2.45) is 0 Å². The highest BCUT2D eigenvalue weighted by Gasteiger charge is 2.32. The van der Waals surface area contributed by atoms with E-state index in [4.69, 9.17) is 0 Å². The van der Waals surface area contributed by atoms with Gasteiger partial charge in [-0.25, -0.2) is 14.8 Å². The van der Waals surface area contributed by atoms with Crippen LogP contribution in [0.5, 0.6) is 0 Å². The zero-order chi connectivity index (χ0) is 16.1. The van der Waals surface area contributed by atoms with Crippen molar-refractivity contribution in [1.82, 2.24) is 25.1 Å². The Hall–Kier alpha value is -2.64.